The van der Waals surface area contributed by atoms with Gasteiger partial charge in [0, 0.05) is 17.5 Å². The molecule has 0 aliphatic rings. The lowest BCUT2D eigenvalue weighted by molar-refractivity contribution is 0.661. The average molecular weight is 386 g/mol. The van der Waals surface area contributed by atoms with Crippen LogP contribution in [0.25, 0.3) is 22.3 Å². The molecule has 3 rings (SSSR count). The van der Waals surface area contributed by atoms with Crippen molar-refractivity contribution < 1.29 is 0 Å². The van der Waals surface area contributed by atoms with E-state index in [1.807, 2.05) is 6.20 Å². The Morgan fingerprint density at radius 1 is 0.517 bits per heavy atom. The zero-order chi connectivity index (χ0) is 20.3. The van der Waals surface area contributed by atoms with Crippen molar-refractivity contribution in [3.63, 3.8) is 0 Å². The fraction of sp³-hybridized carbons (Fsp3) is 0.393. The van der Waals surface area contributed by atoms with Crippen LogP contribution in [0.2, 0.25) is 0 Å². The van der Waals surface area contributed by atoms with Gasteiger partial charge < -0.3 is 0 Å². The molecular weight excluding hydrogens is 350 g/mol. The maximum absolute atomic E-state index is 4.67. The van der Waals surface area contributed by atoms with Gasteiger partial charge in [-0.2, -0.15) is 0 Å². The van der Waals surface area contributed by atoms with Gasteiger partial charge in [0.2, 0.25) is 0 Å². The second kappa shape index (κ2) is 11.6. The third-order valence-electron chi connectivity index (χ3n) is 5.69. The second-order valence-electron chi connectivity index (χ2n) is 8.08. The molecule has 0 fully saturated rings. The summed E-state index contributed by atoms with van der Waals surface area (Å²) in [6.45, 7) is 4.51. The molecule has 0 bridgehead atoms. The van der Waals surface area contributed by atoms with Gasteiger partial charge in [-0.25, -0.2) is 0 Å². The highest BCUT2D eigenvalue weighted by molar-refractivity contribution is 5.70. The summed E-state index contributed by atoms with van der Waals surface area (Å²) in [6, 6.07) is 22.3. The molecule has 3 aromatic rings. The number of hydrogen-bond acceptors (Lipinski definition) is 1. The molecule has 0 aliphatic heterocycles. The van der Waals surface area contributed by atoms with E-state index in [1.165, 1.54) is 84.9 Å². The molecule has 0 spiro atoms. The number of aryl methyl sites for hydroxylation is 2. The van der Waals surface area contributed by atoms with Crippen LogP contribution in [0.5, 0.6) is 0 Å². The van der Waals surface area contributed by atoms with Crippen LogP contribution < -0.4 is 0 Å². The van der Waals surface area contributed by atoms with Crippen molar-refractivity contribution in [2.24, 2.45) is 0 Å². The van der Waals surface area contributed by atoms with Crippen LogP contribution in [0.3, 0.4) is 0 Å². The smallest absolute Gasteiger partial charge is 0.0404 e. The molecule has 0 amide bonds. The van der Waals surface area contributed by atoms with Crippen LogP contribution in [0.1, 0.15) is 70.1 Å². The summed E-state index contributed by atoms with van der Waals surface area (Å²) in [5.41, 5.74) is 7.64. The summed E-state index contributed by atoms with van der Waals surface area (Å²) in [5, 5.41) is 0. The van der Waals surface area contributed by atoms with Crippen molar-refractivity contribution in [1.82, 2.24) is 4.98 Å². The molecule has 0 atom stereocenters. The van der Waals surface area contributed by atoms with Crippen LogP contribution in [0.4, 0.5) is 0 Å². The molecule has 0 N–H and O–H groups in total. The first kappa shape index (κ1) is 21.3. The van der Waals surface area contributed by atoms with Crippen LogP contribution >= 0.6 is 0 Å². The molecule has 2 aromatic carbocycles. The average Bonchev–Trinajstić information content (AvgIpc) is 2.78. The Kier molecular flexibility index (Phi) is 8.49. The van der Waals surface area contributed by atoms with E-state index in [4.69, 9.17) is 0 Å². The van der Waals surface area contributed by atoms with Crippen molar-refractivity contribution in [1.29, 1.82) is 0 Å². The molecule has 1 aromatic heterocycles. The van der Waals surface area contributed by atoms with E-state index in [9.17, 15) is 0 Å². The number of nitrogens with zero attached hydrogens (tertiary/aromatic N) is 1. The Bertz CT molecular complexity index is 829. The predicted octanol–water partition coefficient (Wildman–Crippen LogP) is 8.27. The highest BCUT2D eigenvalue weighted by Gasteiger charge is 2.03. The summed E-state index contributed by atoms with van der Waals surface area (Å²) in [4.78, 5) is 4.67. The van der Waals surface area contributed by atoms with E-state index < -0.39 is 0 Å². The fourth-order valence-electron chi connectivity index (χ4n) is 3.77. The predicted molar refractivity (Wildman–Crippen MR) is 126 cm³/mol. The molecule has 1 nitrogen and oxygen atoms in total. The van der Waals surface area contributed by atoms with Crippen molar-refractivity contribution in [2.75, 3.05) is 0 Å². The van der Waals surface area contributed by atoms with E-state index >= 15 is 0 Å². The number of benzene rings is 2. The minimum Gasteiger partial charge on any atom is -0.261 e. The molecule has 1 heterocycles. The van der Waals surface area contributed by atoms with Gasteiger partial charge in [0.05, 0.1) is 0 Å². The van der Waals surface area contributed by atoms with E-state index in [0.717, 1.165) is 6.42 Å². The van der Waals surface area contributed by atoms with Crippen molar-refractivity contribution >= 4 is 0 Å². The molecule has 0 saturated carbocycles. The SMILES string of the molecule is CCCCCCc1ccc(-c2ccc(-c3ccc(CCCCC)cc3)cc2)cn1. The topological polar surface area (TPSA) is 12.9 Å². The van der Waals surface area contributed by atoms with Gasteiger partial charge in [-0.1, -0.05) is 101 Å². The first-order valence-electron chi connectivity index (χ1n) is 11.4. The Morgan fingerprint density at radius 3 is 1.62 bits per heavy atom. The van der Waals surface area contributed by atoms with Crippen LogP contribution in [0, 0.1) is 0 Å². The fourth-order valence-corrected chi connectivity index (χ4v) is 3.77. The maximum atomic E-state index is 4.67. The third-order valence-corrected chi connectivity index (χ3v) is 5.69. The summed E-state index contributed by atoms with van der Waals surface area (Å²) >= 11 is 0. The summed E-state index contributed by atoms with van der Waals surface area (Å²) in [5.74, 6) is 0. The third kappa shape index (κ3) is 6.56. The maximum Gasteiger partial charge on any atom is 0.0404 e. The van der Waals surface area contributed by atoms with Crippen molar-refractivity contribution in [3.05, 3.63) is 78.1 Å². The Balaban J connectivity index is 1.59. The normalized spacial score (nSPS) is 11.0. The van der Waals surface area contributed by atoms with Crippen molar-refractivity contribution in [3.8, 4) is 22.3 Å². The molecule has 0 saturated heterocycles. The van der Waals surface area contributed by atoms with Crippen LogP contribution in [-0.2, 0) is 12.8 Å². The van der Waals surface area contributed by atoms with E-state index in [2.05, 4.69) is 79.5 Å². The first-order chi connectivity index (χ1) is 14.3. The van der Waals surface area contributed by atoms with Gasteiger partial charge in [-0.3, -0.25) is 4.98 Å². The minimum atomic E-state index is 1.09. The Morgan fingerprint density at radius 2 is 1.03 bits per heavy atom. The molecule has 1 heteroatoms. The largest absolute Gasteiger partial charge is 0.261 e. The minimum absolute atomic E-state index is 1.09. The summed E-state index contributed by atoms with van der Waals surface area (Å²) in [7, 11) is 0. The van der Waals surface area contributed by atoms with E-state index in [0.29, 0.717) is 0 Å². The zero-order valence-corrected chi connectivity index (χ0v) is 18.2. The van der Waals surface area contributed by atoms with E-state index in [1.54, 1.807) is 0 Å². The van der Waals surface area contributed by atoms with Crippen LogP contribution in [0.15, 0.2) is 66.9 Å². The number of hydrogen-bond donors (Lipinski definition) is 0. The molecule has 29 heavy (non-hydrogen) atoms. The lowest BCUT2D eigenvalue weighted by Crippen LogP contribution is -1.91. The summed E-state index contributed by atoms with van der Waals surface area (Å²) in [6.07, 6.45) is 13.3. The number of aromatic nitrogens is 1. The van der Waals surface area contributed by atoms with Crippen molar-refractivity contribution in [2.45, 2.75) is 71.6 Å². The standard InChI is InChI=1S/C28H35N/c1-3-5-7-9-11-28-21-20-27(22-29-28)26-18-16-25(17-19-26)24-14-12-23(13-15-24)10-8-6-4-2/h12-22H,3-11H2,1-2H3. The molecule has 0 unspecified atom stereocenters. The second-order valence-corrected chi connectivity index (χ2v) is 8.08. The van der Waals surface area contributed by atoms with Gasteiger partial charge in [-0.05, 0) is 54.0 Å². The van der Waals surface area contributed by atoms with Gasteiger partial charge in [0.25, 0.3) is 0 Å². The van der Waals surface area contributed by atoms with Gasteiger partial charge >= 0.3 is 0 Å². The first-order valence-corrected chi connectivity index (χ1v) is 11.4. The number of rotatable bonds is 11. The molecular formula is C28H35N. The quantitative estimate of drug-likeness (QED) is 0.303. The van der Waals surface area contributed by atoms with Crippen LogP contribution in [-0.4, -0.2) is 4.98 Å². The highest BCUT2D eigenvalue weighted by atomic mass is 14.7. The number of pyridine rings is 1. The Labute approximate surface area is 177 Å². The lowest BCUT2D eigenvalue weighted by Gasteiger charge is -2.07. The molecule has 152 valence electrons. The molecule has 0 radical (unpaired) electrons. The van der Waals surface area contributed by atoms with Gasteiger partial charge in [-0.15, -0.1) is 0 Å². The number of unbranched alkanes of at least 4 members (excludes halogenated alkanes) is 5. The van der Waals surface area contributed by atoms with Gasteiger partial charge in [0.15, 0.2) is 0 Å². The van der Waals surface area contributed by atoms with Gasteiger partial charge in [0.1, 0.15) is 0 Å². The zero-order valence-electron chi connectivity index (χ0n) is 18.2. The summed E-state index contributed by atoms with van der Waals surface area (Å²) < 4.78 is 0. The van der Waals surface area contributed by atoms with E-state index in [-0.39, 0.29) is 0 Å². The molecule has 0 aliphatic carbocycles. The monoisotopic (exact) mass is 385 g/mol. The highest BCUT2D eigenvalue weighted by Crippen LogP contribution is 2.25. The lowest BCUT2D eigenvalue weighted by atomic mass is 9.99. The Hall–Kier alpha value is -2.41.